The molecule has 5 heteroatoms. The van der Waals surface area contributed by atoms with Crippen LogP contribution in [0.25, 0.3) is 0 Å². The van der Waals surface area contributed by atoms with Gasteiger partial charge >= 0.3 is 0 Å². The van der Waals surface area contributed by atoms with Crippen molar-refractivity contribution >= 4 is 5.82 Å². The molecule has 0 saturated heterocycles. The molecule has 0 saturated carbocycles. The normalized spacial score (nSPS) is 18.3. The van der Waals surface area contributed by atoms with Gasteiger partial charge in [-0.2, -0.15) is 5.10 Å². The minimum atomic E-state index is 0.215. The Labute approximate surface area is 137 Å². The lowest BCUT2D eigenvalue weighted by atomic mass is 9.98. The predicted molar refractivity (Wildman–Crippen MR) is 92.5 cm³/mol. The second kappa shape index (κ2) is 7.62. The molecule has 2 aromatic rings. The van der Waals surface area contributed by atoms with Crippen LogP contribution in [0.2, 0.25) is 0 Å². The van der Waals surface area contributed by atoms with Crippen molar-refractivity contribution in [1.29, 1.82) is 0 Å². The zero-order valence-electron chi connectivity index (χ0n) is 13.7. The maximum absolute atomic E-state index is 9.63. The van der Waals surface area contributed by atoms with Crippen LogP contribution in [-0.4, -0.2) is 41.1 Å². The van der Waals surface area contributed by atoms with Gasteiger partial charge in [0.05, 0.1) is 6.20 Å². The van der Waals surface area contributed by atoms with Crippen molar-refractivity contribution in [3.63, 3.8) is 0 Å². The van der Waals surface area contributed by atoms with E-state index in [1.54, 1.807) is 0 Å². The van der Waals surface area contributed by atoms with E-state index in [4.69, 9.17) is 0 Å². The van der Waals surface area contributed by atoms with Gasteiger partial charge in [0, 0.05) is 44.8 Å². The van der Waals surface area contributed by atoms with Crippen LogP contribution in [-0.2, 0) is 13.0 Å². The summed E-state index contributed by atoms with van der Waals surface area (Å²) in [5.41, 5.74) is 2.57. The van der Waals surface area contributed by atoms with Crippen LogP contribution in [0.15, 0.2) is 36.5 Å². The van der Waals surface area contributed by atoms with E-state index in [0.717, 1.165) is 38.4 Å². The molecule has 1 aliphatic rings. The van der Waals surface area contributed by atoms with Crippen LogP contribution in [0.3, 0.4) is 0 Å². The average Bonchev–Trinajstić information content (AvgIpc) is 3.01. The third-order valence-electron chi connectivity index (χ3n) is 4.45. The summed E-state index contributed by atoms with van der Waals surface area (Å²) >= 11 is 0. The van der Waals surface area contributed by atoms with Crippen molar-refractivity contribution in [2.45, 2.75) is 19.9 Å². The number of rotatable bonds is 7. The first-order valence-corrected chi connectivity index (χ1v) is 8.37. The van der Waals surface area contributed by atoms with Gasteiger partial charge in [0.15, 0.2) is 0 Å². The summed E-state index contributed by atoms with van der Waals surface area (Å²) in [6.45, 7) is 6.02. The van der Waals surface area contributed by atoms with Crippen LogP contribution in [0.1, 0.15) is 11.1 Å². The molecule has 0 amide bonds. The largest absolute Gasteiger partial charge is 0.396 e. The Kier molecular flexibility index (Phi) is 5.31. The molecule has 124 valence electrons. The maximum Gasteiger partial charge on any atom is 0.124 e. The van der Waals surface area contributed by atoms with Gasteiger partial charge in [-0.1, -0.05) is 29.8 Å². The van der Waals surface area contributed by atoms with E-state index in [1.165, 1.54) is 11.1 Å². The van der Waals surface area contributed by atoms with Crippen LogP contribution >= 0.6 is 0 Å². The lowest BCUT2D eigenvalue weighted by Gasteiger charge is -2.26. The number of aliphatic hydroxyl groups is 1. The standard InChI is InChI=1S/C18H26N4O/c1-14-3-2-4-15(7-14)8-16(13-23)9-19-10-17-11-20-18-5-6-21-22(18)12-17/h2-7,16-17,19-20,23H,8-13H2,1H3/t16-,17-/m1/s1. The van der Waals surface area contributed by atoms with Gasteiger partial charge in [-0.3, -0.25) is 0 Å². The monoisotopic (exact) mass is 314 g/mol. The molecule has 1 aliphatic heterocycles. The average molecular weight is 314 g/mol. The van der Waals surface area contributed by atoms with Gasteiger partial charge in [0.25, 0.3) is 0 Å². The quantitative estimate of drug-likeness (QED) is 0.727. The van der Waals surface area contributed by atoms with Gasteiger partial charge in [-0.05, 0) is 24.8 Å². The molecule has 0 aliphatic carbocycles. The molecule has 1 aromatic carbocycles. The lowest BCUT2D eigenvalue weighted by Crippen LogP contribution is -2.37. The summed E-state index contributed by atoms with van der Waals surface area (Å²) in [4.78, 5) is 0. The number of nitrogens with one attached hydrogen (secondary N) is 2. The summed E-state index contributed by atoms with van der Waals surface area (Å²) in [6, 6.07) is 10.5. The van der Waals surface area contributed by atoms with Crippen molar-refractivity contribution < 1.29 is 5.11 Å². The van der Waals surface area contributed by atoms with Crippen molar-refractivity contribution in [3.8, 4) is 0 Å². The number of hydrogen-bond donors (Lipinski definition) is 3. The number of hydrogen-bond acceptors (Lipinski definition) is 4. The molecule has 0 bridgehead atoms. The fraction of sp³-hybridized carbons (Fsp3) is 0.500. The number of aromatic nitrogens is 2. The topological polar surface area (TPSA) is 62.1 Å². The molecule has 23 heavy (non-hydrogen) atoms. The minimum absolute atomic E-state index is 0.215. The summed E-state index contributed by atoms with van der Waals surface area (Å²) in [7, 11) is 0. The molecular weight excluding hydrogens is 288 g/mol. The van der Waals surface area contributed by atoms with Crippen LogP contribution in [0.5, 0.6) is 0 Å². The fourth-order valence-corrected chi connectivity index (χ4v) is 3.19. The molecule has 1 aromatic heterocycles. The lowest BCUT2D eigenvalue weighted by molar-refractivity contribution is 0.219. The van der Waals surface area contributed by atoms with Gasteiger partial charge in [-0.25, -0.2) is 4.68 Å². The number of nitrogens with zero attached hydrogens (tertiary/aromatic N) is 2. The summed E-state index contributed by atoms with van der Waals surface area (Å²) < 4.78 is 2.02. The summed E-state index contributed by atoms with van der Waals surface area (Å²) in [5, 5.41) is 20.9. The third-order valence-corrected chi connectivity index (χ3v) is 4.45. The smallest absolute Gasteiger partial charge is 0.124 e. The molecule has 2 heterocycles. The van der Waals surface area contributed by atoms with Gasteiger partial charge in [0.1, 0.15) is 5.82 Å². The second-order valence-corrected chi connectivity index (χ2v) is 6.55. The first-order chi connectivity index (χ1) is 11.2. The second-order valence-electron chi connectivity index (χ2n) is 6.55. The van der Waals surface area contributed by atoms with Gasteiger partial charge in [0.2, 0.25) is 0 Å². The van der Waals surface area contributed by atoms with Gasteiger partial charge < -0.3 is 15.7 Å². The molecule has 0 fully saturated rings. The number of anilines is 1. The Balaban J connectivity index is 1.44. The van der Waals surface area contributed by atoms with E-state index in [1.807, 2.05) is 16.9 Å². The fourth-order valence-electron chi connectivity index (χ4n) is 3.19. The van der Waals surface area contributed by atoms with Crippen molar-refractivity contribution in [1.82, 2.24) is 15.1 Å². The molecule has 0 spiro atoms. The van der Waals surface area contributed by atoms with E-state index in [2.05, 4.69) is 46.9 Å². The van der Waals surface area contributed by atoms with Crippen LogP contribution < -0.4 is 10.6 Å². The Morgan fingerprint density at radius 1 is 1.43 bits per heavy atom. The maximum atomic E-state index is 9.63. The molecule has 5 nitrogen and oxygen atoms in total. The van der Waals surface area contributed by atoms with Crippen molar-refractivity contribution in [2.75, 3.05) is 31.6 Å². The Morgan fingerprint density at radius 2 is 2.35 bits per heavy atom. The predicted octanol–water partition coefficient (Wildman–Crippen LogP) is 1.67. The van der Waals surface area contributed by atoms with Gasteiger partial charge in [-0.15, -0.1) is 0 Å². The number of aryl methyl sites for hydroxylation is 1. The molecule has 0 radical (unpaired) electrons. The number of benzene rings is 1. The molecule has 0 unspecified atom stereocenters. The van der Waals surface area contributed by atoms with E-state index in [-0.39, 0.29) is 12.5 Å². The number of fused-ring (bicyclic) bond motifs is 1. The highest BCUT2D eigenvalue weighted by Gasteiger charge is 2.18. The highest BCUT2D eigenvalue weighted by atomic mass is 16.3. The van der Waals surface area contributed by atoms with Crippen LogP contribution in [0.4, 0.5) is 5.82 Å². The zero-order chi connectivity index (χ0) is 16.1. The van der Waals surface area contributed by atoms with E-state index in [9.17, 15) is 5.11 Å². The zero-order valence-corrected chi connectivity index (χ0v) is 13.7. The minimum Gasteiger partial charge on any atom is -0.396 e. The third kappa shape index (κ3) is 4.33. The van der Waals surface area contributed by atoms with Crippen LogP contribution in [0, 0.1) is 18.8 Å². The Morgan fingerprint density at radius 3 is 3.17 bits per heavy atom. The van der Waals surface area contributed by atoms with Crippen molar-refractivity contribution in [3.05, 3.63) is 47.7 Å². The molecule has 3 N–H and O–H groups in total. The molecule has 3 rings (SSSR count). The summed E-state index contributed by atoms with van der Waals surface area (Å²) in [6.07, 6.45) is 2.75. The highest BCUT2D eigenvalue weighted by molar-refractivity contribution is 5.35. The first-order valence-electron chi connectivity index (χ1n) is 8.37. The van der Waals surface area contributed by atoms with Crippen molar-refractivity contribution in [2.24, 2.45) is 11.8 Å². The summed E-state index contributed by atoms with van der Waals surface area (Å²) in [5.74, 6) is 1.89. The Bertz CT molecular complexity index is 625. The molecule has 2 atom stereocenters. The SMILES string of the molecule is Cc1cccc(C[C@@H](CO)CNC[C@@H]2CNc3ccnn3C2)c1. The highest BCUT2D eigenvalue weighted by Crippen LogP contribution is 2.16. The van der Waals surface area contributed by atoms with E-state index < -0.39 is 0 Å². The van der Waals surface area contributed by atoms with E-state index in [0.29, 0.717) is 5.92 Å². The number of aliphatic hydroxyl groups excluding tert-OH is 1. The molecular formula is C18H26N4O. The Hall–Kier alpha value is -1.85. The first kappa shape index (κ1) is 16.0. The van der Waals surface area contributed by atoms with E-state index >= 15 is 0 Å².